The fourth-order valence-electron chi connectivity index (χ4n) is 3.08. The van der Waals surface area contributed by atoms with Gasteiger partial charge in [0.05, 0.1) is 23.3 Å². The van der Waals surface area contributed by atoms with Crippen LogP contribution in [0.25, 0.3) is 0 Å². The molecule has 0 radical (unpaired) electrons. The van der Waals surface area contributed by atoms with Gasteiger partial charge in [0.15, 0.2) is 0 Å². The van der Waals surface area contributed by atoms with Crippen LogP contribution >= 0.6 is 0 Å². The zero-order valence-corrected chi connectivity index (χ0v) is 15.6. The van der Waals surface area contributed by atoms with Gasteiger partial charge in [-0.25, -0.2) is 17.5 Å². The average molecular weight is 357 g/mol. The molecule has 1 aliphatic heterocycles. The third-order valence-corrected chi connectivity index (χ3v) is 5.69. The number of nitrogens with one attached hydrogen (secondary N) is 2. The zero-order chi connectivity index (χ0) is 17.9. The molecule has 1 aliphatic rings. The van der Waals surface area contributed by atoms with E-state index in [1.54, 1.807) is 0 Å². The van der Waals surface area contributed by atoms with Gasteiger partial charge in [-0.1, -0.05) is 0 Å². The Balaban J connectivity index is 1.89. The highest BCUT2D eigenvalue weighted by Gasteiger charge is 2.26. The number of aromatic nitrogens is 2. The predicted octanol–water partition coefficient (Wildman–Crippen LogP) is 1.31. The maximum absolute atomic E-state index is 12.1. The van der Waals surface area contributed by atoms with Gasteiger partial charge in [0.1, 0.15) is 0 Å². The Kier molecular flexibility index (Phi) is 5.87. The number of nitrogens with zero attached hydrogens (tertiary/aromatic N) is 3. The number of piperidine rings is 1. The molecule has 0 aromatic carbocycles. The Morgan fingerprint density at radius 2 is 2.08 bits per heavy atom. The monoisotopic (exact) mass is 357 g/mol. The number of hydrogen-bond donors (Lipinski definition) is 2. The molecule has 1 fully saturated rings. The third-order valence-electron chi connectivity index (χ3n) is 4.42. The van der Waals surface area contributed by atoms with Crippen molar-refractivity contribution in [2.75, 3.05) is 31.2 Å². The second-order valence-corrected chi connectivity index (χ2v) is 8.31. The molecule has 1 aromatic rings. The average Bonchev–Trinajstić information content (AvgIpc) is 2.80. The summed E-state index contributed by atoms with van der Waals surface area (Å²) in [6.45, 7) is 8.02. The van der Waals surface area contributed by atoms with Crippen molar-refractivity contribution in [2.45, 2.75) is 40.2 Å². The quantitative estimate of drug-likeness (QED) is 0.830. The number of carbonyl (C=O) groups excluding carboxylic acids is 1. The number of carbonyl (C=O) groups is 1. The lowest BCUT2D eigenvalue weighted by Crippen LogP contribution is -2.43. The molecule has 0 aliphatic carbocycles. The fraction of sp³-hybridized carbons (Fsp3) is 0.733. The van der Waals surface area contributed by atoms with Crippen LogP contribution in [0.1, 0.15) is 31.2 Å². The largest absolute Gasteiger partial charge is 0.338 e. The maximum atomic E-state index is 12.1. The molecular weight excluding hydrogens is 330 g/mol. The number of amides is 2. The summed E-state index contributed by atoms with van der Waals surface area (Å²) in [5.74, 6) is 0.139. The van der Waals surface area contributed by atoms with Crippen LogP contribution in [0.15, 0.2) is 0 Å². The van der Waals surface area contributed by atoms with E-state index in [0.717, 1.165) is 36.5 Å². The summed E-state index contributed by atoms with van der Waals surface area (Å²) >= 11 is 0. The van der Waals surface area contributed by atoms with Gasteiger partial charge in [0, 0.05) is 26.2 Å². The lowest BCUT2D eigenvalue weighted by atomic mass is 10.00. The lowest BCUT2D eigenvalue weighted by molar-refractivity contribution is 0.239. The van der Waals surface area contributed by atoms with Crippen molar-refractivity contribution in [3.63, 3.8) is 0 Å². The SMILES string of the molecule is CCn1nc(C)c(NC(=O)NC[C@H]2CCCN(S(C)(=O)=O)C2)c1C. The van der Waals surface area contributed by atoms with E-state index < -0.39 is 10.0 Å². The zero-order valence-electron chi connectivity index (χ0n) is 14.8. The molecule has 136 valence electrons. The van der Waals surface area contributed by atoms with Crippen molar-refractivity contribution in [3.8, 4) is 0 Å². The van der Waals surface area contributed by atoms with E-state index in [-0.39, 0.29) is 11.9 Å². The van der Waals surface area contributed by atoms with Gasteiger partial charge in [-0.3, -0.25) is 4.68 Å². The predicted molar refractivity (Wildman–Crippen MR) is 93.5 cm³/mol. The van der Waals surface area contributed by atoms with Crippen LogP contribution in [0.2, 0.25) is 0 Å². The van der Waals surface area contributed by atoms with Gasteiger partial charge in [-0.05, 0) is 39.5 Å². The van der Waals surface area contributed by atoms with Gasteiger partial charge < -0.3 is 10.6 Å². The first kappa shape index (κ1) is 18.7. The molecule has 0 saturated carbocycles. The van der Waals surface area contributed by atoms with Gasteiger partial charge in [-0.2, -0.15) is 5.10 Å². The number of urea groups is 1. The number of rotatable bonds is 5. The molecule has 24 heavy (non-hydrogen) atoms. The molecule has 2 N–H and O–H groups in total. The number of anilines is 1. The molecule has 0 bridgehead atoms. The summed E-state index contributed by atoms with van der Waals surface area (Å²) in [4.78, 5) is 12.1. The second-order valence-electron chi connectivity index (χ2n) is 6.33. The normalized spacial score (nSPS) is 19.2. The Labute approximate surface area is 143 Å². The minimum absolute atomic E-state index is 0.139. The molecule has 0 spiro atoms. The summed E-state index contributed by atoms with van der Waals surface area (Å²) in [5.41, 5.74) is 2.44. The molecule has 1 aromatic heterocycles. The molecule has 1 saturated heterocycles. The Morgan fingerprint density at radius 3 is 2.67 bits per heavy atom. The van der Waals surface area contributed by atoms with Crippen LogP contribution in [-0.2, 0) is 16.6 Å². The summed E-state index contributed by atoms with van der Waals surface area (Å²) in [7, 11) is -3.16. The van der Waals surface area contributed by atoms with Gasteiger partial charge in [0.2, 0.25) is 10.0 Å². The van der Waals surface area contributed by atoms with Crippen LogP contribution in [0.5, 0.6) is 0 Å². The highest BCUT2D eigenvalue weighted by Crippen LogP contribution is 2.20. The van der Waals surface area contributed by atoms with Crippen LogP contribution in [0.4, 0.5) is 10.5 Å². The van der Waals surface area contributed by atoms with Crippen molar-refractivity contribution >= 4 is 21.7 Å². The third kappa shape index (κ3) is 4.47. The van der Waals surface area contributed by atoms with Gasteiger partial charge >= 0.3 is 6.03 Å². The van der Waals surface area contributed by atoms with E-state index in [1.807, 2.05) is 25.5 Å². The Hall–Kier alpha value is -1.61. The van der Waals surface area contributed by atoms with Crippen LogP contribution in [0, 0.1) is 19.8 Å². The van der Waals surface area contributed by atoms with E-state index in [0.29, 0.717) is 19.6 Å². The van der Waals surface area contributed by atoms with Gasteiger partial charge in [-0.15, -0.1) is 0 Å². The highest BCUT2D eigenvalue weighted by molar-refractivity contribution is 7.88. The van der Waals surface area contributed by atoms with Crippen molar-refractivity contribution in [1.82, 2.24) is 19.4 Å². The van der Waals surface area contributed by atoms with E-state index >= 15 is 0 Å². The fourth-order valence-corrected chi connectivity index (χ4v) is 4.02. The van der Waals surface area contributed by atoms with Crippen LogP contribution in [0.3, 0.4) is 0 Å². The summed E-state index contributed by atoms with van der Waals surface area (Å²) in [6, 6.07) is -0.284. The van der Waals surface area contributed by atoms with E-state index in [9.17, 15) is 13.2 Å². The first-order chi connectivity index (χ1) is 11.2. The topological polar surface area (TPSA) is 96.3 Å². The molecule has 2 heterocycles. The van der Waals surface area contributed by atoms with E-state index in [2.05, 4.69) is 15.7 Å². The summed E-state index contributed by atoms with van der Waals surface area (Å²) in [6.07, 6.45) is 2.97. The highest BCUT2D eigenvalue weighted by atomic mass is 32.2. The first-order valence-electron chi connectivity index (χ1n) is 8.26. The molecule has 2 amide bonds. The van der Waals surface area contributed by atoms with Crippen molar-refractivity contribution in [3.05, 3.63) is 11.4 Å². The lowest BCUT2D eigenvalue weighted by Gasteiger charge is -2.30. The van der Waals surface area contributed by atoms with Crippen molar-refractivity contribution < 1.29 is 13.2 Å². The van der Waals surface area contributed by atoms with Crippen molar-refractivity contribution in [1.29, 1.82) is 0 Å². The van der Waals surface area contributed by atoms with Gasteiger partial charge in [0.25, 0.3) is 0 Å². The number of aryl methyl sites for hydroxylation is 2. The van der Waals surface area contributed by atoms with E-state index in [4.69, 9.17) is 0 Å². The standard InChI is InChI=1S/C15H27N5O3S/c1-5-20-12(3)14(11(2)18-20)17-15(21)16-9-13-7-6-8-19(10-13)24(4,22)23/h13H,5-10H2,1-4H3,(H2,16,17,21)/t13-/m1/s1. The molecule has 0 unspecified atom stereocenters. The molecule has 9 heteroatoms. The molecule has 2 rings (SSSR count). The van der Waals surface area contributed by atoms with Crippen LogP contribution < -0.4 is 10.6 Å². The summed E-state index contributed by atoms with van der Waals surface area (Å²) < 4.78 is 26.6. The maximum Gasteiger partial charge on any atom is 0.319 e. The summed E-state index contributed by atoms with van der Waals surface area (Å²) in [5, 5.41) is 10.1. The second kappa shape index (κ2) is 7.52. The van der Waals surface area contributed by atoms with Crippen molar-refractivity contribution in [2.24, 2.45) is 5.92 Å². The Bertz CT molecular complexity index is 698. The molecule has 8 nitrogen and oxygen atoms in total. The minimum atomic E-state index is -3.16. The molecular formula is C15H27N5O3S. The van der Waals surface area contributed by atoms with E-state index in [1.165, 1.54) is 10.6 Å². The first-order valence-corrected chi connectivity index (χ1v) is 10.1. The minimum Gasteiger partial charge on any atom is -0.338 e. The smallest absolute Gasteiger partial charge is 0.319 e. The number of hydrogen-bond acceptors (Lipinski definition) is 4. The molecule has 1 atom stereocenters. The Morgan fingerprint density at radius 1 is 1.38 bits per heavy atom. The number of sulfonamides is 1. The van der Waals surface area contributed by atoms with Crippen LogP contribution in [-0.4, -0.2) is 54.4 Å².